The number of esters is 2. The van der Waals surface area contributed by atoms with E-state index in [1.54, 1.807) is 11.4 Å². The number of rotatable bonds is 9. The van der Waals surface area contributed by atoms with Crippen molar-refractivity contribution in [2.45, 2.75) is 25.4 Å². The molecule has 0 saturated heterocycles. The fraction of sp³-hybridized carbons (Fsp3) is 0.286. The number of nitrogens with zero attached hydrogens (tertiary/aromatic N) is 2. The zero-order valence-electron chi connectivity index (χ0n) is 16.8. The number of aryl methyl sites for hydroxylation is 1. The van der Waals surface area contributed by atoms with Gasteiger partial charge in [0.05, 0.1) is 25.2 Å². The summed E-state index contributed by atoms with van der Waals surface area (Å²) in [5.41, 5.74) is 0.607. The third-order valence-electron chi connectivity index (χ3n) is 4.48. The minimum atomic E-state index is -0.902. The molecule has 2 aromatic heterocycles. The summed E-state index contributed by atoms with van der Waals surface area (Å²) in [6.45, 7) is -0.464. The lowest BCUT2D eigenvalue weighted by Crippen LogP contribution is -2.44. The molecule has 1 atom stereocenters. The molecule has 0 bridgehead atoms. The Hall–Kier alpha value is -3.53. The highest BCUT2D eigenvalue weighted by atomic mass is 32.1. The molecule has 0 radical (unpaired) electrons. The SMILES string of the molecule is COC(=O)C(Cc1ccccc1)NC(=O)COC(=O)CCn1cnc2sccc2c1=O. The van der Waals surface area contributed by atoms with Crippen LogP contribution in [-0.2, 0) is 36.8 Å². The first-order valence-corrected chi connectivity index (χ1v) is 10.3. The molecule has 1 N–H and O–H groups in total. The van der Waals surface area contributed by atoms with Gasteiger partial charge in [-0.15, -0.1) is 11.3 Å². The van der Waals surface area contributed by atoms with E-state index in [0.717, 1.165) is 5.56 Å². The van der Waals surface area contributed by atoms with Crippen molar-refractivity contribution in [2.75, 3.05) is 13.7 Å². The minimum absolute atomic E-state index is 0.0802. The van der Waals surface area contributed by atoms with Crippen LogP contribution < -0.4 is 10.9 Å². The van der Waals surface area contributed by atoms with Crippen molar-refractivity contribution in [3.8, 4) is 0 Å². The van der Waals surface area contributed by atoms with Gasteiger partial charge < -0.3 is 14.8 Å². The molecule has 0 fully saturated rings. The van der Waals surface area contributed by atoms with Gasteiger partial charge in [0.2, 0.25) is 0 Å². The van der Waals surface area contributed by atoms with Crippen molar-refractivity contribution >= 4 is 39.4 Å². The number of ether oxygens (including phenoxy) is 2. The highest BCUT2D eigenvalue weighted by Crippen LogP contribution is 2.13. The second-order valence-electron chi connectivity index (χ2n) is 6.63. The molecule has 9 nitrogen and oxygen atoms in total. The van der Waals surface area contributed by atoms with Gasteiger partial charge in [0.15, 0.2) is 6.61 Å². The Morgan fingerprint density at radius 1 is 1.19 bits per heavy atom. The number of fused-ring (bicyclic) bond motifs is 1. The van der Waals surface area contributed by atoms with E-state index in [1.807, 2.05) is 30.3 Å². The normalized spacial score (nSPS) is 11.6. The molecule has 3 aromatic rings. The molecule has 162 valence electrons. The van der Waals surface area contributed by atoms with Crippen molar-refractivity contribution in [1.29, 1.82) is 0 Å². The fourth-order valence-corrected chi connectivity index (χ4v) is 3.63. The van der Waals surface area contributed by atoms with E-state index in [-0.39, 0.29) is 24.9 Å². The van der Waals surface area contributed by atoms with Gasteiger partial charge in [-0.2, -0.15) is 0 Å². The number of nitrogens with one attached hydrogen (secondary N) is 1. The highest BCUT2D eigenvalue weighted by molar-refractivity contribution is 7.16. The molecule has 31 heavy (non-hydrogen) atoms. The quantitative estimate of drug-likeness (QED) is 0.495. The van der Waals surface area contributed by atoms with Gasteiger partial charge in [0, 0.05) is 13.0 Å². The van der Waals surface area contributed by atoms with E-state index >= 15 is 0 Å². The van der Waals surface area contributed by atoms with Crippen LogP contribution in [0.4, 0.5) is 0 Å². The van der Waals surface area contributed by atoms with Crippen LogP contribution in [0.15, 0.2) is 52.9 Å². The van der Waals surface area contributed by atoms with Crippen LogP contribution in [0.3, 0.4) is 0 Å². The number of carbonyl (C=O) groups is 3. The van der Waals surface area contributed by atoms with Crippen molar-refractivity contribution < 1.29 is 23.9 Å². The van der Waals surface area contributed by atoms with E-state index in [0.29, 0.717) is 10.2 Å². The smallest absolute Gasteiger partial charge is 0.328 e. The summed E-state index contributed by atoms with van der Waals surface area (Å²) in [4.78, 5) is 53.2. The molecule has 1 aromatic carbocycles. The minimum Gasteiger partial charge on any atom is -0.467 e. The summed E-state index contributed by atoms with van der Waals surface area (Å²) < 4.78 is 11.0. The maximum atomic E-state index is 12.3. The number of amides is 1. The molecule has 0 aliphatic heterocycles. The van der Waals surface area contributed by atoms with E-state index in [1.165, 1.54) is 29.3 Å². The largest absolute Gasteiger partial charge is 0.467 e. The molecule has 0 spiro atoms. The van der Waals surface area contributed by atoms with Crippen LogP contribution in [0.25, 0.3) is 10.2 Å². The fourth-order valence-electron chi connectivity index (χ4n) is 2.90. The van der Waals surface area contributed by atoms with Gasteiger partial charge in [-0.3, -0.25) is 19.0 Å². The average Bonchev–Trinajstić information content (AvgIpc) is 3.27. The van der Waals surface area contributed by atoms with Crippen LogP contribution in [0.5, 0.6) is 0 Å². The summed E-state index contributed by atoms with van der Waals surface area (Å²) in [6, 6.07) is 9.92. The van der Waals surface area contributed by atoms with Crippen LogP contribution in [0, 0.1) is 0 Å². The number of hydrogen-bond donors (Lipinski definition) is 1. The molecule has 0 aliphatic carbocycles. The zero-order chi connectivity index (χ0) is 22.2. The van der Waals surface area contributed by atoms with Crippen LogP contribution in [0.2, 0.25) is 0 Å². The first-order chi connectivity index (χ1) is 15.0. The predicted molar refractivity (Wildman–Crippen MR) is 114 cm³/mol. The zero-order valence-corrected chi connectivity index (χ0v) is 17.6. The van der Waals surface area contributed by atoms with Crippen molar-refractivity contribution in [1.82, 2.24) is 14.9 Å². The molecule has 10 heteroatoms. The third kappa shape index (κ3) is 5.98. The number of aromatic nitrogens is 2. The number of hydrogen-bond acceptors (Lipinski definition) is 8. The highest BCUT2D eigenvalue weighted by Gasteiger charge is 2.22. The predicted octanol–water partition coefficient (Wildman–Crippen LogP) is 1.29. The van der Waals surface area contributed by atoms with E-state index in [9.17, 15) is 19.2 Å². The average molecular weight is 443 g/mol. The van der Waals surface area contributed by atoms with Crippen LogP contribution in [-0.4, -0.2) is 47.2 Å². The molecule has 0 aliphatic rings. The lowest BCUT2D eigenvalue weighted by molar-refractivity contribution is -0.150. The molecule has 1 unspecified atom stereocenters. The molecular formula is C21H21N3O6S. The van der Waals surface area contributed by atoms with Gasteiger partial charge in [0.1, 0.15) is 10.9 Å². The molecule has 3 rings (SSSR count). The maximum absolute atomic E-state index is 12.3. The number of methoxy groups -OCH3 is 1. The second kappa shape index (κ2) is 10.5. The summed E-state index contributed by atoms with van der Waals surface area (Å²) in [6.07, 6.45) is 1.52. The third-order valence-corrected chi connectivity index (χ3v) is 5.30. The lowest BCUT2D eigenvalue weighted by Gasteiger charge is -2.16. The standard InChI is InChI=1S/C21H21N3O6S/c1-29-21(28)16(11-14-5-3-2-4-6-14)23-17(25)12-30-18(26)7-9-24-13-22-19-15(20(24)27)8-10-31-19/h2-6,8,10,13,16H,7,9,11-12H2,1H3,(H,23,25). The van der Waals surface area contributed by atoms with Gasteiger partial charge in [0.25, 0.3) is 11.5 Å². The van der Waals surface area contributed by atoms with E-state index in [2.05, 4.69) is 10.3 Å². The summed E-state index contributed by atoms with van der Waals surface area (Å²) >= 11 is 1.36. The van der Waals surface area contributed by atoms with Crippen LogP contribution >= 0.6 is 11.3 Å². The number of carbonyl (C=O) groups excluding carboxylic acids is 3. The molecule has 1 amide bonds. The monoisotopic (exact) mass is 443 g/mol. The topological polar surface area (TPSA) is 117 Å². The summed E-state index contributed by atoms with van der Waals surface area (Å²) in [7, 11) is 1.23. The second-order valence-corrected chi connectivity index (χ2v) is 7.52. The Morgan fingerprint density at radius 3 is 2.71 bits per heavy atom. The first kappa shape index (κ1) is 22.2. The van der Waals surface area contributed by atoms with Crippen molar-refractivity contribution in [2.24, 2.45) is 0 Å². The summed E-state index contributed by atoms with van der Waals surface area (Å²) in [5, 5.41) is 4.78. The maximum Gasteiger partial charge on any atom is 0.328 e. The van der Waals surface area contributed by atoms with Gasteiger partial charge in [-0.25, -0.2) is 9.78 Å². The van der Waals surface area contributed by atoms with Gasteiger partial charge >= 0.3 is 11.9 Å². The lowest BCUT2D eigenvalue weighted by atomic mass is 10.1. The number of benzene rings is 1. The van der Waals surface area contributed by atoms with Crippen molar-refractivity contribution in [3.05, 3.63) is 64.0 Å². The first-order valence-electron chi connectivity index (χ1n) is 9.47. The Balaban J connectivity index is 1.49. The van der Waals surface area contributed by atoms with Gasteiger partial charge in [-0.1, -0.05) is 30.3 Å². The Labute approximate surface area is 181 Å². The Kier molecular flexibility index (Phi) is 7.50. The summed E-state index contributed by atoms with van der Waals surface area (Å²) in [5.74, 6) is -1.87. The number of thiophene rings is 1. The van der Waals surface area contributed by atoms with Gasteiger partial charge in [-0.05, 0) is 17.0 Å². The molecule has 0 saturated carbocycles. The Morgan fingerprint density at radius 2 is 1.97 bits per heavy atom. The Bertz CT molecular complexity index is 1120. The van der Waals surface area contributed by atoms with Crippen molar-refractivity contribution in [3.63, 3.8) is 0 Å². The van der Waals surface area contributed by atoms with Crippen LogP contribution in [0.1, 0.15) is 12.0 Å². The molecular weight excluding hydrogens is 422 g/mol. The van der Waals surface area contributed by atoms with E-state index < -0.39 is 30.5 Å². The van der Waals surface area contributed by atoms with E-state index in [4.69, 9.17) is 9.47 Å². The molecule has 2 heterocycles.